The standard InChI is InChI=1S/C29H23FO6/c1-3-27(31)34-18-17-21-7-12-23(13-8-21)35-29(33)16-9-20-5-10-22(11-6-20)25-15-14-24(19-26(25)30)36-28(32)4-2/h3-16,19H,1-2,17-18H2. The summed E-state index contributed by atoms with van der Waals surface area (Å²) in [6, 6.07) is 17.9. The van der Waals surface area contributed by atoms with Crippen molar-refractivity contribution < 1.29 is 33.0 Å². The van der Waals surface area contributed by atoms with Crippen LogP contribution in [0.1, 0.15) is 11.1 Å². The maximum Gasteiger partial charge on any atom is 0.336 e. The van der Waals surface area contributed by atoms with Crippen molar-refractivity contribution in [1.82, 2.24) is 0 Å². The maximum absolute atomic E-state index is 14.5. The summed E-state index contributed by atoms with van der Waals surface area (Å²) < 4.78 is 29.6. The summed E-state index contributed by atoms with van der Waals surface area (Å²) in [4.78, 5) is 34.5. The number of halogens is 1. The second-order valence-electron chi connectivity index (χ2n) is 7.41. The second-order valence-corrected chi connectivity index (χ2v) is 7.41. The van der Waals surface area contributed by atoms with Crippen molar-refractivity contribution in [3.63, 3.8) is 0 Å². The summed E-state index contributed by atoms with van der Waals surface area (Å²) in [6.07, 6.45) is 5.51. The van der Waals surface area contributed by atoms with Crippen LogP contribution in [0.5, 0.6) is 11.5 Å². The third-order valence-electron chi connectivity index (χ3n) is 4.90. The van der Waals surface area contributed by atoms with E-state index in [0.717, 1.165) is 29.3 Å². The smallest absolute Gasteiger partial charge is 0.336 e. The van der Waals surface area contributed by atoms with Gasteiger partial charge in [-0.1, -0.05) is 49.6 Å². The number of esters is 3. The van der Waals surface area contributed by atoms with Crippen molar-refractivity contribution in [3.8, 4) is 22.6 Å². The summed E-state index contributed by atoms with van der Waals surface area (Å²) in [5, 5.41) is 0. The highest BCUT2D eigenvalue weighted by Crippen LogP contribution is 2.27. The molecule has 7 heteroatoms. The van der Waals surface area contributed by atoms with Crippen molar-refractivity contribution in [2.24, 2.45) is 0 Å². The number of carbonyl (C=O) groups excluding carboxylic acids is 3. The molecule has 0 radical (unpaired) electrons. The lowest BCUT2D eigenvalue weighted by atomic mass is 10.0. The molecule has 6 nitrogen and oxygen atoms in total. The molecule has 0 aromatic heterocycles. The van der Waals surface area contributed by atoms with Gasteiger partial charge in [0.2, 0.25) is 0 Å². The minimum Gasteiger partial charge on any atom is -0.462 e. The molecule has 0 spiro atoms. The van der Waals surface area contributed by atoms with Gasteiger partial charge in [-0.15, -0.1) is 0 Å². The highest BCUT2D eigenvalue weighted by Gasteiger charge is 2.09. The fraction of sp³-hybridized carbons (Fsp3) is 0.0690. The Labute approximate surface area is 207 Å². The van der Waals surface area contributed by atoms with Crippen LogP contribution in [-0.2, 0) is 25.5 Å². The molecule has 0 aliphatic rings. The predicted molar refractivity (Wildman–Crippen MR) is 134 cm³/mol. The van der Waals surface area contributed by atoms with Gasteiger partial charge in [0.05, 0.1) is 6.61 Å². The Morgan fingerprint density at radius 2 is 1.42 bits per heavy atom. The van der Waals surface area contributed by atoms with Crippen molar-refractivity contribution in [1.29, 1.82) is 0 Å². The summed E-state index contributed by atoms with van der Waals surface area (Å²) >= 11 is 0. The predicted octanol–water partition coefficient (Wildman–Crippen LogP) is 5.47. The quantitative estimate of drug-likeness (QED) is 0.215. The molecule has 0 atom stereocenters. The van der Waals surface area contributed by atoms with Crippen LogP contribution in [0, 0.1) is 5.82 Å². The number of ether oxygens (including phenoxy) is 3. The van der Waals surface area contributed by atoms with Gasteiger partial charge in [-0.2, -0.15) is 0 Å². The van der Waals surface area contributed by atoms with Gasteiger partial charge in [0.25, 0.3) is 0 Å². The van der Waals surface area contributed by atoms with Crippen LogP contribution in [-0.4, -0.2) is 24.5 Å². The number of hydrogen-bond acceptors (Lipinski definition) is 6. The molecule has 3 aromatic rings. The zero-order valence-electron chi connectivity index (χ0n) is 19.3. The number of rotatable bonds is 10. The van der Waals surface area contributed by atoms with Crippen LogP contribution < -0.4 is 9.47 Å². The van der Waals surface area contributed by atoms with Crippen LogP contribution in [0.3, 0.4) is 0 Å². The molecule has 0 saturated heterocycles. The van der Waals surface area contributed by atoms with E-state index in [1.165, 1.54) is 18.2 Å². The first kappa shape index (κ1) is 25.8. The van der Waals surface area contributed by atoms with Gasteiger partial charge >= 0.3 is 17.9 Å². The molecular formula is C29H23FO6. The molecule has 182 valence electrons. The zero-order valence-corrected chi connectivity index (χ0v) is 19.3. The highest BCUT2D eigenvalue weighted by atomic mass is 19.1. The minimum absolute atomic E-state index is 0.0860. The lowest BCUT2D eigenvalue weighted by Crippen LogP contribution is -2.05. The largest absolute Gasteiger partial charge is 0.462 e. The van der Waals surface area contributed by atoms with Crippen LogP contribution >= 0.6 is 0 Å². The third kappa shape index (κ3) is 7.63. The lowest BCUT2D eigenvalue weighted by molar-refractivity contribution is -0.137. The molecule has 0 saturated carbocycles. The Morgan fingerprint density at radius 3 is 2.06 bits per heavy atom. The van der Waals surface area contributed by atoms with Gasteiger partial charge in [-0.3, -0.25) is 0 Å². The average molecular weight is 486 g/mol. The summed E-state index contributed by atoms with van der Waals surface area (Å²) in [6.45, 7) is 6.87. The van der Waals surface area contributed by atoms with E-state index in [9.17, 15) is 18.8 Å². The van der Waals surface area contributed by atoms with Gasteiger partial charge in [0.15, 0.2) is 0 Å². The van der Waals surface area contributed by atoms with Crippen LogP contribution in [0.4, 0.5) is 4.39 Å². The Morgan fingerprint density at radius 1 is 0.778 bits per heavy atom. The van der Waals surface area contributed by atoms with Crippen molar-refractivity contribution in [2.75, 3.05) is 6.61 Å². The molecule has 0 amide bonds. The van der Waals surface area contributed by atoms with Gasteiger partial charge < -0.3 is 14.2 Å². The Hall–Kier alpha value is -4.78. The molecule has 0 N–H and O–H groups in total. The van der Waals surface area contributed by atoms with Crippen LogP contribution in [0.25, 0.3) is 17.2 Å². The number of hydrogen-bond donors (Lipinski definition) is 0. The van der Waals surface area contributed by atoms with Crippen LogP contribution in [0.2, 0.25) is 0 Å². The summed E-state index contributed by atoms with van der Waals surface area (Å²) in [7, 11) is 0. The first-order valence-electron chi connectivity index (χ1n) is 10.9. The van der Waals surface area contributed by atoms with Crippen molar-refractivity contribution >= 4 is 24.0 Å². The third-order valence-corrected chi connectivity index (χ3v) is 4.90. The molecule has 3 aromatic carbocycles. The first-order valence-corrected chi connectivity index (χ1v) is 10.9. The van der Waals surface area contributed by atoms with E-state index in [-0.39, 0.29) is 12.4 Å². The maximum atomic E-state index is 14.5. The van der Waals surface area contributed by atoms with Gasteiger partial charge in [-0.05, 0) is 47.0 Å². The summed E-state index contributed by atoms with van der Waals surface area (Å²) in [5.74, 6) is -1.77. The molecule has 0 unspecified atom stereocenters. The zero-order chi connectivity index (χ0) is 25.9. The fourth-order valence-electron chi connectivity index (χ4n) is 3.09. The van der Waals surface area contributed by atoms with E-state index in [1.807, 2.05) is 0 Å². The van der Waals surface area contributed by atoms with E-state index in [2.05, 4.69) is 13.2 Å². The Kier molecular flexibility index (Phi) is 9.06. The fourth-order valence-corrected chi connectivity index (χ4v) is 3.09. The van der Waals surface area contributed by atoms with E-state index < -0.39 is 23.7 Å². The lowest BCUT2D eigenvalue weighted by Gasteiger charge is -2.07. The average Bonchev–Trinajstić information content (AvgIpc) is 2.89. The molecule has 0 fully saturated rings. The molecule has 0 heterocycles. The molecule has 0 aliphatic carbocycles. The summed E-state index contributed by atoms with van der Waals surface area (Å²) in [5.41, 5.74) is 2.60. The second kappa shape index (κ2) is 12.6. The minimum atomic E-state index is -0.669. The Balaban J connectivity index is 1.55. The first-order chi connectivity index (χ1) is 17.4. The molecule has 3 rings (SSSR count). The SMILES string of the molecule is C=CC(=O)OCCc1ccc(OC(=O)C=Cc2ccc(-c3ccc(OC(=O)C=C)cc3F)cc2)cc1. The van der Waals surface area contributed by atoms with Gasteiger partial charge in [0, 0.05) is 36.3 Å². The monoisotopic (exact) mass is 486 g/mol. The van der Waals surface area contributed by atoms with E-state index in [1.54, 1.807) is 54.6 Å². The van der Waals surface area contributed by atoms with Crippen molar-refractivity contribution in [2.45, 2.75) is 6.42 Å². The van der Waals surface area contributed by atoms with Crippen LogP contribution in [0.15, 0.2) is 98.1 Å². The van der Waals surface area contributed by atoms with Gasteiger partial charge in [-0.25, -0.2) is 18.8 Å². The molecule has 0 aliphatic heterocycles. The molecule has 0 bridgehead atoms. The van der Waals surface area contributed by atoms with Gasteiger partial charge in [0.1, 0.15) is 17.3 Å². The Bertz CT molecular complexity index is 1290. The van der Waals surface area contributed by atoms with E-state index in [4.69, 9.17) is 14.2 Å². The number of carbonyl (C=O) groups is 3. The van der Waals surface area contributed by atoms with Crippen molar-refractivity contribution in [3.05, 3.63) is 115 Å². The van der Waals surface area contributed by atoms with E-state index >= 15 is 0 Å². The normalized spacial score (nSPS) is 10.5. The highest BCUT2D eigenvalue weighted by molar-refractivity contribution is 5.89. The molecular weight excluding hydrogens is 463 g/mol. The topological polar surface area (TPSA) is 78.9 Å². The number of benzene rings is 3. The molecule has 36 heavy (non-hydrogen) atoms. The van der Waals surface area contributed by atoms with E-state index in [0.29, 0.717) is 23.3 Å².